The lowest BCUT2D eigenvalue weighted by Gasteiger charge is -1.96. The van der Waals surface area contributed by atoms with Crippen LogP contribution in [0.3, 0.4) is 0 Å². The first-order chi connectivity index (χ1) is 6.36. The standard InChI is InChI=1S/C10H9ClN2/c11-8-3-4-12-10-9(8)7(5-13-10)6-1-2-6/h3-6H,1-2H2,(H,12,13). The second kappa shape index (κ2) is 2.48. The summed E-state index contributed by atoms with van der Waals surface area (Å²) in [4.78, 5) is 7.39. The van der Waals surface area contributed by atoms with Crippen LogP contribution in [0.2, 0.25) is 5.02 Å². The average Bonchev–Trinajstić information content (AvgIpc) is 2.87. The van der Waals surface area contributed by atoms with E-state index in [1.165, 1.54) is 18.4 Å². The normalized spacial score (nSPS) is 16.7. The second-order valence-electron chi connectivity index (χ2n) is 3.53. The Kier molecular flexibility index (Phi) is 1.41. The Balaban J connectivity index is 2.34. The van der Waals surface area contributed by atoms with Crippen LogP contribution in [0.4, 0.5) is 0 Å². The third-order valence-electron chi connectivity index (χ3n) is 2.57. The number of fused-ring (bicyclic) bond motifs is 1. The van der Waals surface area contributed by atoms with Gasteiger partial charge in [0.05, 0.1) is 5.02 Å². The monoisotopic (exact) mass is 192 g/mol. The van der Waals surface area contributed by atoms with Crippen molar-refractivity contribution in [2.45, 2.75) is 18.8 Å². The number of pyridine rings is 1. The Bertz CT molecular complexity index is 457. The van der Waals surface area contributed by atoms with Gasteiger partial charge in [-0.05, 0) is 30.4 Å². The third kappa shape index (κ3) is 1.05. The molecule has 0 saturated heterocycles. The molecule has 0 unspecified atom stereocenters. The van der Waals surface area contributed by atoms with Gasteiger partial charge in [0, 0.05) is 17.8 Å². The van der Waals surface area contributed by atoms with E-state index < -0.39 is 0 Å². The molecule has 3 heteroatoms. The molecule has 3 rings (SSSR count). The zero-order valence-corrected chi connectivity index (χ0v) is 7.80. The number of aromatic nitrogens is 2. The van der Waals surface area contributed by atoms with Crippen molar-refractivity contribution in [1.82, 2.24) is 9.97 Å². The molecule has 0 aliphatic heterocycles. The summed E-state index contributed by atoms with van der Waals surface area (Å²) in [5, 5.41) is 1.93. The molecule has 0 bridgehead atoms. The number of H-pyrrole nitrogens is 1. The lowest BCUT2D eigenvalue weighted by atomic mass is 10.1. The number of aromatic amines is 1. The molecule has 0 atom stereocenters. The summed E-state index contributed by atoms with van der Waals surface area (Å²) < 4.78 is 0. The van der Waals surface area contributed by atoms with Crippen LogP contribution in [-0.4, -0.2) is 9.97 Å². The summed E-state index contributed by atoms with van der Waals surface area (Å²) in [6.07, 6.45) is 6.36. The molecular weight excluding hydrogens is 184 g/mol. The van der Waals surface area contributed by atoms with Crippen molar-refractivity contribution >= 4 is 22.6 Å². The molecular formula is C10H9ClN2. The highest BCUT2D eigenvalue weighted by Gasteiger charge is 2.27. The molecule has 2 heterocycles. The lowest BCUT2D eigenvalue weighted by molar-refractivity contribution is 1.15. The van der Waals surface area contributed by atoms with Crippen LogP contribution in [0.15, 0.2) is 18.5 Å². The number of hydrogen-bond donors (Lipinski definition) is 1. The van der Waals surface area contributed by atoms with Crippen molar-refractivity contribution < 1.29 is 0 Å². The van der Waals surface area contributed by atoms with Crippen LogP contribution >= 0.6 is 11.6 Å². The van der Waals surface area contributed by atoms with Crippen LogP contribution in [0.5, 0.6) is 0 Å². The van der Waals surface area contributed by atoms with Crippen LogP contribution in [0.1, 0.15) is 24.3 Å². The molecule has 2 aromatic heterocycles. The number of nitrogens with zero attached hydrogens (tertiary/aromatic N) is 1. The van der Waals surface area contributed by atoms with E-state index >= 15 is 0 Å². The van der Waals surface area contributed by atoms with Gasteiger partial charge in [-0.1, -0.05) is 11.6 Å². The predicted molar refractivity (Wildman–Crippen MR) is 53.1 cm³/mol. The van der Waals surface area contributed by atoms with Crippen molar-refractivity contribution in [3.05, 3.63) is 29.0 Å². The van der Waals surface area contributed by atoms with E-state index in [1.807, 2.05) is 12.3 Å². The van der Waals surface area contributed by atoms with Crippen molar-refractivity contribution in [1.29, 1.82) is 0 Å². The molecule has 1 saturated carbocycles. The number of halogens is 1. The maximum Gasteiger partial charge on any atom is 0.139 e. The predicted octanol–water partition coefficient (Wildman–Crippen LogP) is 3.09. The Morgan fingerprint density at radius 2 is 2.31 bits per heavy atom. The Hall–Kier alpha value is -1.02. The highest BCUT2D eigenvalue weighted by atomic mass is 35.5. The molecule has 1 aliphatic rings. The minimum Gasteiger partial charge on any atom is -0.346 e. The Morgan fingerprint density at radius 3 is 3.08 bits per heavy atom. The van der Waals surface area contributed by atoms with Gasteiger partial charge >= 0.3 is 0 Å². The van der Waals surface area contributed by atoms with Gasteiger partial charge in [-0.3, -0.25) is 0 Å². The maximum absolute atomic E-state index is 6.12. The molecule has 0 spiro atoms. The van der Waals surface area contributed by atoms with Gasteiger partial charge in [0.25, 0.3) is 0 Å². The van der Waals surface area contributed by atoms with Gasteiger partial charge in [-0.15, -0.1) is 0 Å². The quantitative estimate of drug-likeness (QED) is 0.739. The molecule has 1 N–H and O–H groups in total. The van der Waals surface area contributed by atoms with E-state index in [-0.39, 0.29) is 0 Å². The smallest absolute Gasteiger partial charge is 0.139 e. The van der Waals surface area contributed by atoms with Crippen molar-refractivity contribution in [2.75, 3.05) is 0 Å². The summed E-state index contributed by atoms with van der Waals surface area (Å²) in [5.41, 5.74) is 2.25. The number of nitrogens with one attached hydrogen (secondary N) is 1. The van der Waals surface area contributed by atoms with Gasteiger partial charge in [-0.25, -0.2) is 4.98 Å². The number of rotatable bonds is 1. The fourth-order valence-corrected chi connectivity index (χ4v) is 2.01. The third-order valence-corrected chi connectivity index (χ3v) is 2.89. The first kappa shape index (κ1) is 7.39. The summed E-state index contributed by atoms with van der Waals surface area (Å²) in [6, 6.07) is 1.85. The molecule has 1 aliphatic carbocycles. The fraction of sp³-hybridized carbons (Fsp3) is 0.300. The summed E-state index contributed by atoms with van der Waals surface area (Å²) in [5.74, 6) is 0.718. The van der Waals surface area contributed by atoms with Gasteiger partial charge in [-0.2, -0.15) is 0 Å². The summed E-state index contributed by atoms with van der Waals surface area (Å²) in [6.45, 7) is 0. The van der Waals surface area contributed by atoms with Crippen molar-refractivity contribution in [3.8, 4) is 0 Å². The molecule has 2 nitrogen and oxygen atoms in total. The zero-order valence-electron chi connectivity index (χ0n) is 7.05. The first-order valence-electron chi connectivity index (χ1n) is 4.48. The molecule has 1 fully saturated rings. The van der Waals surface area contributed by atoms with Crippen molar-refractivity contribution in [2.24, 2.45) is 0 Å². The SMILES string of the molecule is Clc1ccnc2[nH]cc(C3CC3)c12. The van der Waals surface area contributed by atoms with Gasteiger partial charge in [0.2, 0.25) is 0 Å². The van der Waals surface area contributed by atoms with Crippen LogP contribution in [0.25, 0.3) is 11.0 Å². The topological polar surface area (TPSA) is 28.7 Å². The first-order valence-corrected chi connectivity index (χ1v) is 4.85. The summed E-state index contributed by atoms with van der Waals surface area (Å²) >= 11 is 6.12. The Morgan fingerprint density at radius 1 is 1.46 bits per heavy atom. The van der Waals surface area contributed by atoms with E-state index in [2.05, 4.69) is 9.97 Å². The molecule has 13 heavy (non-hydrogen) atoms. The second-order valence-corrected chi connectivity index (χ2v) is 3.94. The Labute approximate surface area is 80.9 Å². The van der Waals surface area contributed by atoms with E-state index in [4.69, 9.17) is 11.6 Å². The van der Waals surface area contributed by atoms with E-state index in [9.17, 15) is 0 Å². The summed E-state index contributed by atoms with van der Waals surface area (Å²) in [7, 11) is 0. The lowest BCUT2D eigenvalue weighted by Crippen LogP contribution is -1.78. The van der Waals surface area contributed by atoms with E-state index in [0.29, 0.717) is 0 Å². The maximum atomic E-state index is 6.12. The minimum atomic E-state index is 0.718. The van der Waals surface area contributed by atoms with E-state index in [0.717, 1.165) is 22.0 Å². The average molecular weight is 193 g/mol. The van der Waals surface area contributed by atoms with Crippen LogP contribution < -0.4 is 0 Å². The van der Waals surface area contributed by atoms with E-state index in [1.54, 1.807) is 6.20 Å². The van der Waals surface area contributed by atoms with Crippen LogP contribution in [-0.2, 0) is 0 Å². The fourth-order valence-electron chi connectivity index (χ4n) is 1.76. The minimum absolute atomic E-state index is 0.718. The van der Waals surface area contributed by atoms with Gasteiger partial charge in [0.1, 0.15) is 5.65 Å². The largest absolute Gasteiger partial charge is 0.346 e. The van der Waals surface area contributed by atoms with Crippen LogP contribution in [0, 0.1) is 0 Å². The zero-order chi connectivity index (χ0) is 8.84. The number of hydrogen-bond acceptors (Lipinski definition) is 1. The molecule has 2 aromatic rings. The van der Waals surface area contributed by atoms with Gasteiger partial charge < -0.3 is 4.98 Å². The molecule has 66 valence electrons. The molecule has 0 amide bonds. The van der Waals surface area contributed by atoms with Crippen molar-refractivity contribution in [3.63, 3.8) is 0 Å². The molecule has 0 aromatic carbocycles. The highest BCUT2D eigenvalue weighted by molar-refractivity contribution is 6.35. The highest BCUT2D eigenvalue weighted by Crippen LogP contribution is 2.44. The molecule has 0 radical (unpaired) electrons. The van der Waals surface area contributed by atoms with Gasteiger partial charge in [0.15, 0.2) is 0 Å².